The molecule has 0 fully saturated rings. The van der Waals surface area contributed by atoms with Crippen LogP contribution in [0.15, 0.2) is 24.3 Å². The van der Waals surface area contributed by atoms with E-state index < -0.39 is 16.5 Å². The highest BCUT2D eigenvalue weighted by Gasteiger charge is 2.19. The summed E-state index contributed by atoms with van der Waals surface area (Å²) in [7, 11) is 0. The Labute approximate surface area is 110 Å². The third kappa shape index (κ3) is 4.92. The van der Waals surface area contributed by atoms with E-state index in [0.29, 0.717) is 12.1 Å². The number of aliphatic hydroxyl groups is 1. The van der Waals surface area contributed by atoms with E-state index in [9.17, 15) is 14.9 Å². The zero-order valence-corrected chi connectivity index (χ0v) is 10.8. The summed E-state index contributed by atoms with van der Waals surface area (Å²) >= 11 is 0. The van der Waals surface area contributed by atoms with Gasteiger partial charge < -0.3 is 15.7 Å². The van der Waals surface area contributed by atoms with Crippen molar-refractivity contribution in [3.63, 3.8) is 0 Å². The molecule has 2 amide bonds. The average Bonchev–Trinajstić information content (AvgIpc) is 2.27. The number of nitrogens with one attached hydrogen (secondary N) is 2. The number of rotatable bonds is 5. The van der Waals surface area contributed by atoms with Gasteiger partial charge in [0.2, 0.25) is 0 Å². The topological polar surface area (TPSA) is 104 Å². The number of nitro groups is 1. The van der Waals surface area contributed by atoms with Crippen molar-refractivity contribution in [1.82, 2.24) is 5.32 Å². The van der Waals surface area contributed by atoms with Gasteiger partial charge >= 0.3 is 6.03 Å². The lowest BCUT2D eigenvalue weighted by atomic mass is 10.0. The summed E-state index contributed by atoms with van der Waals surface area (Å²) in [4.78, 5) is 21.8. The molecule has 7 nitrogen and oxygen atoms in total. The molecule has 0 saturated carbocycles. The van der Waals surface area contributed by atoms with E-state index in [1.807, 2.05) is 0 Å². The summed E-state index contributed by atoms with van der Waals surface area (Å²) in [5.74, 6) is 0. The molecule has 0 aliphatic rings. The highest BCUT2D eigenvalue weighted by atomic mass is 16.6. The van der Waals surface area contributed by atoms with Gasteiger partial charge in [-0.3, -0.25) is 10.1 Å². The van der Waals surface area contributed by atoms with E-state index in [2.05, 4.69) is 10.6 Å². The molecule has 7 heteroatoms. The molecule has 0 aliphatic carbocycles. The number of anilines is 1. The number of hydrogen-bond donors (Lipinski definition) is 3. The van der Waals surface area contributed by atoms with Crippen molar-refractivity contribution in [3.05, 3.63) is 34.4 Å². The van der Waals surface area contributed by atoms with Gasteiger partial charge in [-0.15, -0.1) is 0 Å². The Kier molecular flexibility index (Phi) is 4.82. The van der Waals surface area contributed by atoms with Gasteiger partial charge in [0.25, 0.3) is 5.69 Å². The molecule has 3 N–H and O–H groups in total. The number of non-ortho nitro benzene ring substituents is 1. The van der Waals surface area contributed by atoms with Gasteiger partial charge in [0.1, 0.15) is 0 Å². The molecule has 0 unspecified atom stereocenters. The van der Waals surface area contributed by atoms with Crippen LogP contribution in [0.2, 0.25) is 0 Å². The number of carbonyl (C=O) groups excluding carboxylic acids is 1. The Balaban J connectivity index is 2.67. The fourth-order valence-corrected chi connectivity index (χ4v) is 1.51. The normalized spacial score (nSPS) is 10.9. The molecule has 0 radical (unpaired) electrons. The van der Waals surface area contributed by atoms with Crippen molar-refractivity contribution >= 4 is 17.4 Å². The first-order valence-electron chi connectivity index (χ1n) is 5.78. The van der Waals surface area contributed by atoms with E-state index in [1.54, 1.807) is 19.9 Å². The van der Waals surface area contributed by atoms with Crippen LogP contribution in [0, 0.1) is 10.1 Å². The van der Waals surface area contributed by atoms with E-state index in [4.69, 9.17) is 5.11 Å². The second kappa shape index (κ2) is 6.14. The fourth-order valence-electron chi connectivity index (χ4n) is 1.51. The molecule has 0 aliphatic heterocycles. The molecule has 0 bridgehead atoms. The van der Waals surface area contributed by atoms with Crippen LogP contribution < -0.4 is 10.6 Å². The third-order valence-corrected chi connectivity index (χ3v) is 2.50. The molecule has 0 heterocycles. The monoisotopic (exact) mass is 267 g/mol. The van der Waals surface area contributed by atoms with E-state index in [0.717, 1.165) is 0 Å². The number of amides is 2. The fraction of sp³-hybridized carbons (Fsp3) is 0.417. The maximum atomic E-state index is 11.7. The Bertz CT molecular complexity index is 474. The highest BCUT2D eigenvalue weighted by molar-refractivity contribution is 5.90. The second-order valence-corrected chi connectivity index (χ2v) is 4.74. The first-order valence-corrected chi connectivity index (χ1v) is 5.78. The van der Waals surface area contributed by atoms with Gasteiger partial charge in [0, 0.05) is 30.0 Å². The zero-order valence-electron chi connectivity index (χ0n) is 10.8. The van der Waals surface area contributed by atoms with Crippen LogP contribution in [0.1, 0.15) is 20.3 Å². The van der Waals surface area contributed by atoms with Gasteiger partial charge in [0.15, 0.2) is 0 Å². The summed E-state index contributed by atoms with van der Waals surface area (Å²) in [6.07, 6.45) is 0.412. The molecule has 0 saturated heterocycles. The predicted molar refractivity (Wildman–Crippen MR) is 71.0 cm³/mol. The lowest BCUT2D eigenvalue weighted by Crippen LogP contribution is -2.46. The molecule has 1 rings (SSSR count). The van der Waals surface area contributed by atoms with E-state index >= 15 is 0 Å². The summed E-state index contributed by atoms with van der Waals surface area (Å²) in [6.45, 7) is 3.51. The van der Waals surface area contributed by atoms with Crippen LogP contribution in [0.25, 0.3) is 0 Å². The summed E-state index contributed by atoms with van der Waals surface area (Å²) in [5.41, 5.74) is -0.307. The first-order chi connectivity index (χ1) is 8.84. The Morgan fingerprint density at radius 1 is 1.47 bits per heavy atom. The number of aliphatic hydroxyl groups excluding tert-OH is 1. The number of urea groups is 1. The van der Waals surface area contributed by atoms with Gasteiger partial charge in [-0.05, 0) is 26.3 Å². The molecular weight excluding hydrogens is 250 g/mol. The van der Waals surface area contributed by atoms with Crippen LogP contribution in [-0.2, 0) is 0 Å². The SMILES string of the molecule is CC(C)(CCO)NC(=O)Nc1cccc([N+](=O)[O-])c1. The van der Waals surface area contributed by atoms with Crippen LogP contribution in [0.3, 0.4) is 0 Å². The molecule has 1 aromatic carbocycles. The minimum absolute atomic E-state index is 0.0376. The Hall–Kier alpha value is -2.15. The van der Waals surface area contributed by atoms with Crippen molar-refractivity contribution in [2.24, 2.45) is 0 Å². The third-order valence-electron chi connectivity index (χ3n) is 2.50. The van der Waals surface area contributed by atoms with Gasteiger partial charge in [-0.25, -0.2) is 4.79 Å². The van der Waals surface area contributed by atoms with Gasteiger partial charge in [-0.2, -0.15) is 0 Å². The molecular formula is C12H17N3O4. The number of benzene rings is 1. The van der Waals surface area contributed by atoms with Crippen LogP contribution in [0.4, 0.5) is 16.2 Å². The molecule has 0 aromatic heterocycles. The highest BCUT2D eigenvalue weighted by Crippen LogP contribution is 2.17. The van der Waals surface area contributed by atoms with Crippen molar-refractivity contribution in [3.8, 4) is 0 Å². The predicted octanol–water partition coefficient (Wildman–Crippen LogP) is 1.88. The minimum atomic E-state index is -0.556. The number of nitrogens with zero attached hydrogens (tertiary/aromatic N) is 1. The summed E-state index contributed by atoms with van der Waals surface area (Å²) in [5, 5.41) is 24.6. The Morgan fingerprint density at radius 2 is 2.16 bits per heavy atom. The molecule has 19 heavy (non-hydrogen) atoms. The van der Waals surface area contributed by atoms with E-state index in [-0.39, 0.29) is 12.3 Å². The van der Waals surface area contributed by atoms with Crippen molar-refractivity contribution in [2.75, 3.05) is 11.9 Å². The standard InChI is InChI=1S/C12H17N3O4/c1-12(2,6-7-16)14-11(17)13-9-4-3-5-10(8-9)15(18)19/h3-5,8,16H,6-7H2,1-2H3,(H2,13,14,17). The molecule has 0 atom stereocenters. The minimum Gasteiger partial charge on any atom is -0.396 e. The van der Waals surface area contributed by atoms with Crippen molar-refractivity contribution < 1.29 is 14.8 Å². The summed E-state index contributed by atoms with van der Waals surface area (Å²) in [6, 6.07) is 5.20. The van der Waals surface area contributed by atoms with Crippen LogP contribution in [-0.4, -0.2) is 28.2 Å². The maximum absolute atomic E-state index is 11.7. The van der Waals surface area contributed by atoms with Crippen LogP contribution in [0.5, 0.6) is 0 Å². The Morgan fingerprint density at radius 3 is 2.74 bits per heavy atom. The smallest absolute Gasteiger partial charge is 0.319 e. The maximum Gasteiger partial charge on any atom is 0.319 e. The molecule has 1 aromatic rings. The van der Waals surface area contributed by atoms with Crippen molar-refractivity contribution in [1.29, 1.82) is 0 Å². The van der Waals surface area contributed by atoms with Gasteiger partial charge in [0.05, 0.1) is 4.92 Å². The average molecular weight is 267 g/mol. The molecule has 104 valence electrons. The van der Waals surface area contributed by atoms with Crippen molar-refractivity contribution in [2.45, 2.75) is 25.8 Å². The summed E-state index contributed by atoms with van der Waals surface area (Å²) < 4.78 is 0. The zero-order chi connectivity index (χ0) is 14.5. The first kappa shape index (κ1) is 14.9. The quantitative estimate of drug-likeness (QED) is 0.559. The second-order valence-electron chi connectivity index (χ2n) is 4.74. The number of hydrogen-bond acceptors (Lipinski definition) is 4. The lowest BCUT2D eigenvalue weighted by molar-refractivity contribution is -0.384. The molecule has 0 spiro atoms. The number of nitro benzene ring substituents is 1. The van der Waals surface area contributed by atoms with Crippen LogP contribution >= 0.6 is 0 Å². The van der Waals surface area contributed by atoms with Gasteiger partial charge in [-0.1, -0.05) is 6.07 Å². The lowest BCUT2D eigenvalue weighted by Gasteiger charge is -2.25. The van der Waals surface area contributed by atoms with E-state index in [1.165, 1.54) is 18.2 Å². The largest absolute Gasteiger partial charge is 0.396 e. The number of carbonyl (C=O) groups is 1.